The fourth-order valence-corrected chi connectivity index (χ4v) is 1.46. The van der Waals surface area contributed by atoms with Crippen molar-refractivity contribution in [1.29, 1.82) is 0 Å². The van der Waals surface area contributed by atoms with E-state index < -0.39 is 6.10 Å². The molecule has 18 heavy (non-hydrogen) atoms. The molecule has 0 bridgehead atoms. The highest BCUT2D eigenvalue weighted by Gasteiger charge is 2.10. The van der Waals surface area contributed by atoms with Gasteiger partial charge in [0, 0.05) is 5.56 Å². The fourth-order valence-electron chi connectivity index (χ4n) is 1.46. The van der Waals surface area contributed by atoms with Crippen LogP contribution in [0.4, 0.5) is 0 Å². The van der Waals surface area contributed by atoms with Gasteiger partial charge in [-0.3, -0.25) is 4.79 Å². The number of nitrogens with one attached hydrogen (secondary N) is 1. The highest BCUT2D eigenvalue weighted by Crippen LogP contribution is 2.26. The van der Waals surface area contributed by atoms with Crippen molar-refractivity contribution in [3.05, 3.63) is 29.3 Å². The zero-order chi connectivity index (χ0) is 13.5. The molecule has 0 aliphatic rings. The first-order chi connectivity index (χ1) is 8.54. The maximum atomic E-state index is 11.3. The molecule has 1 aromatic carbocycles. The Morgan fingerprint density at radius 2 is 2.33 bits per heavy atom. The summed E-state index contributed by atoms with van der Waals surface area (Å²) in [4.78, 5) is 11.3. The molecule has 1 atom stereocenters. The van der Waals surface area contributed by atoms with Gasteiger partial charge in [0.1, 0.15) is 5.75 Å². The first kappa shape index (κ1) is 14.1. The summed E-state index contributed by atoms with van der Waals surface area (Å²) >= 11 is 0. The van der Waals surface area contributed by atoms with E-state index in [4.69, 9.17) is 11.2 Å². The molecule has 0 spiro atoms. The quantitative estimate of drug-likeness (QED) is 0.768. The summed E-state index contributed by atoms with van der Waals surface area (Å²) in [5.41, 5.74) is 1.66. The lowest BCUT2D eigenvalue weighted by molar-refractivity contribution is -0.122. The average Bonchev–Trinajstić information content (AvgIpc) is 2.33. The van der Waals surface area contributed by atoms with Crippen LogP contribution in [0.3, 0.4) is 0 Å². The van der Waals surface area contributed by atoms with E-state index in [0.29, 0.717) is 11.3 Å². The lowest BCUT2D eigenvalue weighted by Gasteiger charge is -2.13. The molecular formula is C14H17NO3. The molecule has 0 fully saturated rings. The second-order valence-corrected chi connectivity index (χ2v) is 3.99. The van der Waals surface area contributed by atoms with Crippen LogP contribution in [0.2, 0.25) is 0 Å². The van der Waals surface area contributed by atoms with Gasteiger partial charge in [-0.2, -0.15) is 0 Å². The standard InChI is InChI=1S/C14H17NO3/c1-4-7-15-14(17)9-18-13-8-10(2)5-6-12(13)11(3)16/h1,5-6,8,11,16H,7,9H2,2-3H3,(H,15,17)/t11-/m1/s1. The predicted octanol–water partition coefficient (Wildman–Crippen LogP) is 1.18. The Kier molecular flexibility index (Phi) is 5.22. The number of hydrogen-bond acceptors (Lipinski definition) is 3. The Morgan fingerprint density at radius 1 is 1.61 bits per heavy atom. The predicted molar refractivity (Wildman–Crippen MR) is 69.2 cm³/mol. The Labute approximate surface area is 107 Å². The number of carbonyl (C=O) groups is 1. The molecule has 1 amide bonds. The zero-order valence-electron chi connectivity index (χ0n) is 10.6. The van der Waals surface area contributed by atoms with E-state index >= 15 is 0 Å². The van der Waals surface area contributed by atoms with E-state index in [1.165, 1.54) is 0 Å². The molecule has 4 heteroatoms. The number of aliphatic hydroxyl groups is 1. The number of hydrogen-bond donors (Lipinski definition) is 2. The van der Waals surface area contributed by atoms with Gasteiger partial charge < -0.3 is 15.2 Å². The number of carbonyl (C=O) groups excluding carboxylic acids is 1. The summed E-state index contributed by atoms with van der Waals surface area (Å²) in [5, 5.41) is 12.1. The number of ether oxygens (including phenoxy) is 1. The molecule has 0 aliphatic carbocycles. The molecule has 0 aliphatic heterocycles. The van der Waals surface area contributed by atoms with Gasteiger partial charge in [-0.1, -0.05) is 18.1 Å². The summed E-state index contributed by atoms with van der Waals surface area (Å²) in [6.07, 6.45) is 4.39. The van der Waals surface area contributed by atoms with Crippen LogP contribution in [0.1, 0.15) is 24.2 Å². The molecule has 4 nitrogen and oxygen atoms in total. The van der Waals surface area contributed by atoms with Crippen LogP contribution in [0.5, 0.6) is 5.75 Å². The van der Waals surface area contributed by atoms with Crippen molar-refractivity contribution in [3.8, 4) is 18.1 Å². The molecule has 96 valence electrons. The van der Waals surface area contributed by atoms with Gasteiger partial charge in [-0.15, -0.1) is 6.42 Å². The normalized spacial score (nSPS) is 11.4. The Bertz CT molecular complexity index is 461. The lowest BCUT2D eigenvalue weighted by Crippen LogP contribution is -2.29. The molecule has 0 saturated heterocycles. The minimum atomic E-state index is -0.644. The fraction of sp³-hybridized carbons (Fsp3) is 0.357. The summed E-state index contributed by atoms with van der Waals surface area (Å²) in [6, 6.07) is 5.46. The topological polar surface area (TPSA) is 58.6 Å². The largest absolute Gasteiger partial charge is 0.483 e. The van der Waals surface area contributed by atoms with Gasteiger partial charge in [-0.25, -0.2) is 0 Å². The number of terminal acetylenes is 1. The Hall–Kier alpha value is -1.99. The smallest absolute Gasteiger partial charge is 0.258 e. The van der Waals surface area contributed by atoms with Gasteiger partial charge in [0.05, 0.1) is 12.6 Å². The van der Waals surface area contributed by atoms with Crippen molar-refractivity contribution >= 4 is 5.91 Å². The highest BCUT2D eigenvalue weighted by molar-refractivity contribution is 5.77. The number of amides is 1. The number of aliphatic hydroxyl groups excluding tert-OH is 1. The van der Waals surface area contributed by atoms with Crippen molar-refractivity contribution in [2.24, 2.45) is 0 Å². The molecule has 0 aromatic heterocycles. The van der Waals surface area contributed by atoms with E-state index in [1.54, 1.807) is 19.1 Å². The van der Waals surface area contributed by atoms with Gasteiger partial charge in [0.2, 0.25) is 0 Å². The summed E-state index contributed by atoms with van der Waals surface area (Å²) in [6.45, 7) is 3.62. The van der Waals surface area contributed by atoms with Crippen molar-refractivity contribution in [3.63, 3.8) is 0 Å². The van der Waals surface area contributed by atoms with E-state index in [1.807, 2.05) is 13.0 Å². The van der Waals surface area contributed by atoms with Crippen molar-refractivity contribution < 1.29 is 14.6 Å². The van der Waals surface area contributed by atoms with Gasteiger partial charge in [0.15, 0.2) is 6.61 Å². The van der Waals surface area contributed by atoms with Crippen LogP contribution in [0.15, 0.2) is 18.2 Å². The molecule has 0 unspecified atom stereocenters. The minimum Gasteiger partial charge on any atom is -0.483 e. The number of aryl methyl sites for hydroxylation is 1. The second kappa shape index (κ2) is 6.67. The average molecular weight is 247 g/mol. The van der Waals surface area contributed by atoms with Crippen LogP contribution < -0.4 is 10.1 Å². The Morgan fingerprint density at radius 3 is 2.94 bits per heavy atom. The van der Waals surface area contributed by atoms with Crippen molar-refractivity contribution in [2.45, 2.75) is 20.0 Å². The monoisotopic (exact) mass is 247 g/mol. The third-order valence-corrected chi connectivity index (χ3v) is 2.37. The van der Waals surface area contributed by atoms with Crippen LogP contribution in [-0.4, -0.2) is 24.2 Å². The summed E-state index contributed by atoms with van der Waals surface area (Å²) in [5.74, 6) is 2.54. The molecule has 2 N–H and O–H groups in total. The first-order valence-corrected chi connectivity index (χ1v) is 5.66. The number of benzene rings is 1. The van der Waals surface area contributed by atoms with Gasteiger partial charge >= 0.3 is 0 Å². The van der Waals surface area contributed by atoms with E-state index in [0.717, 1.165) is 5.56 Å². The second-order valence-electron chi connectivity index (χ2n) is 3.99. The third kappa shape index (κ3) is 4.11. The van der Waals surface area contributed by atoms with E-state index in [2.05, 4.69) is 11.2 Å². The van der Waals surface area contributed by atoms with Crippen molar-refractivity contribution in [2.75, 3.05) is 13.2 Å². The molecular weight excluding hydrogens is 230 g/mol. The minimum absolute atomic E-state index is 0.120. The lowest BCUT2D eigenvalue weighted by atomic mass is 10.1. The third-order valence-electron chi connectivity index (χ3n) is 2.37. The van der Waals surface area contributed by atoms with Crippen molar-refractivity contribution in [1.82, 2.24) is 5.32 Å². The highest BCUT2D eigenvalue weighted by atomic mass is 16.5. The molecule has 0 heterocycles. The van der Waals surface area contributed by atoms with E-state index in [9.17, 15) is 9.90 Å². The first-order valence-electron chi connectivity index (χ1n) is 5.66. The maximum absolute atomic E-state index is 11.3. The number of rotatable bonds is 5. The molecule has 1 aromatic rings. The molecule has 0 radical (unpaired) electrons. The Balaban J connectivity index is 2.69. The van der Waals surface area contributed by atoms with E-state index in [-0.39, 0.29) is 19.1 Å². The summed E-state index contributed by atoms with van der Waals surface area (Å²) < 4.78 is 5.40. The molecule has 0 saturated carbocycles. The van der Waals surface area contributed by atoms with Crippen LogP contribution in [0, 0.1) is 19.3 Å². The molecule has 1 rings (SSSR count). The zero-order valence-corrected chi connectivity index (χ0v) is 10.6. The maximum Gasteiger partial charge on any atom is 0.258 e. The van der Waals surface area contributed by atoms with Crippen LogP contribution in [0.25, 0.3) is 0 Å². The van der Waals surface area contributed by atoms with Gasteiger partial charge in [0.25, 0.3) is 5.91 Å². The van der Waals surface area contributed by atoms with Crippen LogP contribution in [-0.2, 0) is 4.79 Å². The van der Waals surface area contributed by atoms with Gasteiger partial charge in [-0.05, 0) is 25.5 Å². The van der Waals surface area contributed by atoms with Crippen LogP contribution >= 0.6 is 0 Å². The SMILES string of the molecule is C#CCNC(=O)COc1cc(C)ccc1[C@@H](C)O. The summed E-state index contributed by atoms with van der Waals surface area (Å²) in [7, 11) is 0.